The van der Waals surface area contributed by atoms with Crippen molar-refractivity contribution in [2.24, 2.45) is 11.3 Å². The van der Waals surface area contributed by atoms with Crippen LogP contribution in [0.5, 0.6) is 0 Å². The highest BCUT2D eigenvalue weighted by molar-refractivity contribution is 6.31. The minimum absolute atomic E-state index is 0.325. The van der Waals surface area contributed by atoms with Gasteiger partial charge in [-0.1, -0.05) is 25.4 Å². The molecule has 2 rings (SSSR count). The predicted octanol–water partition coefficient (Wildman–Crippen LogP) is 4.03. The molecule has 1 aromatic heterocycles. The quantitative estimate of drug-likeness (QED) is 0.904. The summed E-state index contributed by atoms with van der Waals surface area (Å²) in [5.41, 5.74) is 1.67. The van der Waals surface area contributed by atoms with Gasteiger partial charge in [0.25, 0.3) is 0 Å². The standard InChI is InChI=1S/C15H26ClN3/c1-5-19-14(12(16)10-18-19)13(17-4)11-6-8-15(2,3)9-7-11/h10-11,13,17H,5-9H2,1-4H3. The summed E-state index contributed by atoms with van der Waals surface area (Å²) in [6.07, 6.45) is 6.91. The van der Waals surface area contributed by atoms with Crippen molar-refractivity contribution in [3.8, 4) is 0 Å². The summed E-state index contributed by atoms with van der Waals surface area (Å²) in [7, 11) is 2.04. The van der Waals surface area contributed by atoms with Gasteiger partial charge in [-0.15, -0.1) is 0 Å². The molecule has 108 valence electrons. The topological polar surface area (TPSA) is 29.9 Å². The molecule has 0 aromatic carbocycles. The van der Waals surface area contributed by atoms with Gasteiger partial charge in [-0.25, -0.2) is 0 Å². The fraction of sp³-hybridized carbons (Fsp3) is 0.800. The Morgan fingerprint density at radius 3 is 2.63 bits per heavy atom. The number of rotatable bonds is 4. The molecule has 1 aliphatic rings. The maximum atomic E-state index is 6.35. The number of hydrogen-bond donors (Lipinski definition) is 1. The van der Waals surface area contributed by atoms with E-state index in [1.54, 1.807) is 6.20 Å². The van der Waals surface area contributed by atoms with Crippen LogP contribution in [0.2, 0.25) is 5.02 Å². The van der Waals surface area contributed by atoms with Gasteiger partial charge in [-0.2, -0.15) is 5.10 Å². The molecule has 0 radical (unpaired) electrons. The average molecular weight is 284 g/mol. The summed E-state index contributed by atoms with van der Waals surface area (Å²) in [6, 6.07) is 0.325. The zero-order valence-corrected chi connectivity index (χ0v) is 13.3. The number of hydrogen-bond acceptors (Lipinski definition) is 2. The molecular weight excluding hydrogens is 258 g/mol. The summed E-state index contributed by atoms with van der Waals surface area (Å²) >= 11 is 6.35. The Kier molecular flexibility index (Phi) is 4.57. The first-order valence-electron chi connectivity index (χ1n) is 7.37. The Hall–Kier alpha value is -0.540. The molecule has 0 aliphatic heterocycles. The van der Waals surface area contributed by atoms with Gasteiger partial charge < -0.3 is 5.32 Å². The number of nitrogens with zero attached hydrogens (tertiary/aromatic N) is 2. The Labute approximate surface area is 121 Å². The van der Waals surface area contributed by atoms with Gasteiger partial charge in [0.2, 0.25) is 0 Å². The Morgan fingerprint density at radius 2 is 2.11 bits per heavy atom. The van der Waals surface area contributed by atoms with Crippen LogP contribution in [0.15, 0.2) is 6.20 Å². The zero-order chi connectivity index (χ0) is 14.0. The molecule has 1 saturated carbocycles. The fourth-order valence-electron chi connectivity index (χ4n) is 3.28. The van der Waals surface area contributed by atoms with Gasteiger partial charge in [0.05, 0.1) is 23.0 Å². The van der Waals surface area contributed by atoms with Gasteiger partial charge in [0.15, 0.2) is 0 Å². The summed E-state index contributed by atoms with van der Waals surface area (Å²) in [6.45, 7) is 7.74. The van der Waals surface area contributed by atoms with E-state index in [0.29, 0.717) is 17.4 Å². The minimum Gasteiger partial charge on any atom is -0.311 e. The van der Waals surface area contributed by atoms with Crippen molar-refractivity contribution >= 4 is 11.6 Å². The van der Waals surface area contributed by atoms with E-state index >= 15 is 0 Å². The smallest absolute Gasteiger partial charge is 0.0834 e. The lowest BCUT2D eigenvalue weighted by Crippen LogP contribution is -2.32. The second kappa shape index (κ2) is 5.84. The first-order valence-corrected chi connectivity index (χ1v) is 7.75. The van der Waals surface area contributed by atoms with E-state index in [9.17, 15) is 0 Å². The Balaban J connectivity index is 2.18. The maximum Gasteiger partial charge on any atom is 0.0834 e. The molecule has 3 nitrogen and oxygen atoms in total. The van der Waals surface area contributed by atoms with Crippen LogP contribution in [0.4, 0.5) is 0 Å². The summed E-state index contributed by atoms with van der Waals surface area (Å²) < 4.78 is 2.03. The summed E-state index contributed by atoms with van der Waals surface area (Å²) in [4.78, 5) is 0. The van der Waals surface area contributed by atoms with Gasteiger partial charge >= 0.3 is 0 Å². The van der Waals surface area contributed by atoms with Crippen molar-refractivity contribution < 1.29 is 0 Å². The average Bonchev–Trinajstić information content (AvgIpc) is 2.74. The van der Waals surface area contributed by atoms with Crippen LogP contribution in [0, 0.1) is 11.3 Å². The van der Waals surface area contributed by atoms with Crippen molar-refractivity contribution in [2.45, 2.75) is 59.0 Å². The van der Waals surface area contributed by atoms with E-state index in [2.05, 4.69) is 31.2 Å². The van der Waals surface area contributed by atoms with Crippen LogP contribution in [-0.2, 0) is 6.54 Å². The third kappa shape index (κ3) is 3.14. The number of nitrogens with one attached hydrogen (secondary N) is 1. The van der Waals surface area contributed by atoms with Gasteiger partial charge in [0, 0.05) is 6.54 Å². The molecule has 0 spiro atoms. The lowest BCUT2D eigenvalue weighted by atomic mass is 9.70. The molecule has 0 saturated heterocycles. The molecular formula is C15H26ClN3. The van der Waals surface area contributed by atoms with E-state index in [0.717, 1.165) is 17.3 Å². The second-order valence-electron chi connectivity index (χ2n) is 6.46. The molecule has 1 fully saturated rings. The van der Waals surface area contributed by atoms with Crippen molar-refractivity contribution in [1.29, 1.82) is 0 Å². The van der Waals surface area contributed by atoms with Crippen LogP contribution < -0.4 is 5.32 Å². The van der Waals surface area contributed by atoms with Crippen LogP contribution in [0.3, 0.4) is 0 Å². The lowest BCUT2D eigenvalue weighted by molar-refractivity contribution is 0.161. The zero-order valence-electron chi connectivity index (χ0n) is 12.5. The van der Waals surface area contributed by atoms with Crippen LogP contribution in [-0.4, -0.2) is 16.8 Å². The van der Waals surface area contributed by atoms with Gasteiger partial charge in [0.1, 0.15) is 0 Å². The van der Waals surface area contributed by atoms with E-state index in [4.69, 9.17) is 11.6 Å². The minimum atomic E-state index is 0.325. The lowest BCUT2D eigenvalue weighted by Gasteiger charge is -2.38. The second-order valence-corrected chi connectivity index (χ2v) is 6.87. The van der Waals surface area contributed by atoms with E-state index in [1.807, 2.05) is 11.7 Å². The first-order chi connectivity index (χ1) is 8.98. The van der Waals surface area contributed by atoms with Crippen LogP contribution >= 0.6 is 11.6 Å². The first kappa shape index (κ1) is 14.9. The highest BCUT2D eigenvalue weighted by Gasteiger charge is 2.33. The van der Waals surface area contributed by atoms with Gasteiger partial charge in [-0.3, -0.25) is 4.68 Å². The molecule has 0 amide bonds. The Morgan fingerprint density at radius 1 is 1.47 bits per heavy atom. The van der Waals surface area contributed by atoms with Crippen molar-refractivity contribution in [2.75, 3.05) is 7.05 Å². The van der Waals surface area contributed by atoms with E-state index < -0.39 is 0 Å². The molecule has 1 aromatic rings. The summed E-state index contributed by atoms with van der Waals surface area (Å²) in [5, 5.41) is 8.64. The number of halogens is 1. The van der Waals surface area contributed by atoms with Crippen LogP contribution in [0.1, 0.15) is 58.2 Å². The van der Waals surface area contributed by atoms with Gasteiger partial charge in [-0.05, 0) is 51.0 Å². The fourth-order valence-corrected chi connectivity index (χ4v) is 3.54. The summed E-state index contributed by atoms with van der Waals surface area (Å²) in [5.74, 6) is 0.664. The van der Waals surface area contributed by atoms with E-state index in [1.165, 1.54) is 25.7 Å². The maximum absolute atomic E-state index is 6.35. The molecule has 0 bridgehead atoms. The predicted molar refractivity (Wildman–Crippen MR) is 80.5 cm³/mol. The molecule has 1 atom stereocenters. The normalized spacial score (nSPS) is 21.5. The van der Waals surface area contributed by atoms with E-state index in [-0.39, 0.29) is 0 Å². The highest BCUT2D eigenvalue weighted by atomic mass is 35.5. The van der Waals surface area contributed by atoms with Crippen molar-refractivity contribution in [3.63, 3.8) is 0 Å². The molecule has 19 heavy (non-hydrogen) atoms. The molecule has 1 unspecified atom stereocenters. The van der Waals surface area contributed by atoms with Crippen LogP contribution in [0.25, 0.3) is 0 Å². The SMILES string of the molecule is CCn1ncc(Cl)c1C(NC)C1CCC(C)(C)CC1. The van der Waals surface area contributed by atoms with Crippen molar-refractivity contribution in [1.82, 2.24) is 15.1 Å². The number of aromatic nitrogens is 2. The monoisotopic (exact) mass is 283 g/mol. The number of aryl methyl sites for hydroxylation is 1. The molecule has 1 aliphatic carbocycles. The molecule has 1 N–H and O–H groups in total. The third-order valence-electron chi connectivity index (χ3n) is 4.59. The largest absolute Gasteiger partial charge is 0.311 e. The molecule has 4 heteroatoms. The highest BCUT2D eigenvalue weighted by Crippen LogP contribution is 2.43. The van der Waals surface area contributed by atoms with Crippen molar-refractivity contribution in [3.05, 3.63) is 16.9 Å². The Bertz CT molecular complexity index is 415. The molecule has 1 heterocycles. The third-order valence-corrected chi connectivity index (χ3v) is 4.88.